The summed E-state index contributed by atoms with van der Waals surface area (Å²) < 4.78 is 7.59. The first kappa shape index (κ1) is 17.7. The molecular formula is C20H25N5O2. The van der Waals surface area contributed by atoms with E-state index in [1.807, 2.05) is 33.7 Å². The average molecular weight is 367 g/mol. The van der Waals surface area contributed by atoms with Gasteiger partial charge in [-0.05, 0) is 25.0 Å². The van der Waals surface area contributed by atoms with E-state index in [2.05, 4.69) is 31.0 Å². The van der Waals surface area contributed by atoms with Gasteiger partial charge >= 0.3 is 0 Å². The number of aryl methyl sites for hydroxylation is 1. The number of fused-ring (bicyclic) bond motifs is 1. The molecule has 0 aliphatic carbocycles. The van der Waals surface area contributed by atoms with Crippen LogP contribution in [0.5, 0.6) is 0 Å². The highest BCUT2D eigenvalue weighted by molar-refractivity contribution is 5.99. The molecule has 7 nitrogen and oxygen atoms in total. The summed E-state index contributed by atoms with van der Waals surface area (Å²) in [5.41, 5.74) is 1.25. The molecule has 0 atom stereocenters. The van der Waals surface area contributed by atoms with E-state index in [0.717, 1.165) is 24.2 Å². The molecule has 1 aliphatic rings. The summed E-state index contributed by atoms with van der Waals surface area (Å²) in [6.07, 6.45) is 3.63. The van der Waals surface area contributed by atoms with Gasteiger partial charge in [-0.2, -0.15) is 0 Å². The molecule has 142 valence electrons. The Morgan fingerprint density at radius 1 is 1.19 bits per heavy atom. The van der Waals surface area contributed by atoms with Gasteiger partial charge in [-0.1, -0.05) is 26.8 Å². The second-order valence-electron chi connectivity index (χ2n) is 8.22. The fourth-order valence-corrected chi connectivity index (χ4v) is 3.68. The Bertz CT molecular complexity index is 974. The predicted molar refractivity (Wildman–Crippen MR) is 101 cm³/mol. The third-order valence-corrected chi connectivity index (χ3v) is 5.09. The zero-order valence-electron chi connectivity index (χ0n) is 16.3. The van der Waals surface area contributed by atoms with E-state index in [4.69, 9.17) is 9.40 Å². The number of amides is 1. The summed E-state index contributed by atoms with van der Waals surface area (Å²) in [5.74, 6) is 2.39. The minimum atomic E-state index is -0.147. The third kappa shape index (κ3) is 3.22. The number of rotatable bonds is 2. The van der Waals surface area contributed by atoms with Crippen LogP contribution in [0.1, 0.15) is 67.6 Å². The number of pyridine rings is 1. The smallest absolute Gasteiger partial charge is 0.274 e. The first-order valence-corrected chi connectivity index (χ1v) is 9.41. The maximum absolute atomic E-state index is 13.2. The highest BCUT2D eigenvalue weighted by Gasteiger charge is 2.31. The predicted octanol–water partition coefficient (Wildman–Crippen LogP) is 3.34. The molecular weight excluding hydrogens is 342 g/mol. The van der Waals surface area contributed by atoms with Crippen molar-refractivity contribution >= 4 is 11.4 Å². The maximum atomic E-state index is 13.2. The monoisotopic (exact) mass is 367 g/mol. The topological polar surface area (TPSA) is 76.5 Å². The molecule has 1 saturated heterocycles. The lowest BCUT2D eigenvalue weighted by molar-refractivity contribution is 0.0702. The van der Waals surface area contributed by atoms with E-state index in [1.54, 1.807) is 6.92 Å². The molecule has 1 amide bonds. The van der Waals surface area contributed by atoms with Crippen molar-refractivity contribution in [1.29, 1.82) is 0 Å². The summed E-state index contributed by atoms with van der Waals surface area (Å²) in [4.78, 5) is 19.8. The van der Waals surface area contributed by atoms with Crippen molar-refractivity contribution in [3.05, 3.63) is 47.7 Å². The van der Waals surface area contributed by atoms with Gasteiger partial charge in [-0.25, -0.2) is 4.98 Å². The van der Waals surface area contributed by atoms with Crippen molar-refractivity contribution in [3.63, 3.8) is 0 Å². The van der Waals surface area contributed by atoms with E-state index in [-0.39, 0.29) is 17.2 Å². The molecule has 7 heteroatoms. The standard InChI is InChI=1S/C20H25N5O2/c1-13-22-23-17(27-13)14-8-11-24(12-9-14)18(26)16-15-7-5-6-10-25(15)19(21-16)20(2,3)4/h5-7,10,14H,8-9,11-12H2,1-4H3. The lowest BCUT2D eigenvalue weighted by Crippen LogP contribution is -2.38. The van der Waals surface area contributed by atoms with Gasteiger partial charge in [-0.3, -0.25) is 4.79 Å². The Morgan fingerprint density at radius 2 is 1.93 bits per heavy atom. The van der Waals surface area contributed by atoms with Gasteiger partial charge < -0.3 is 13.7 Å². The summed E-state index contributed by atoms with van der Waals surface area (Å²) in [7, 11) is 0. The number of aromatic nitrogens is 4. The summed E-state index contributed by atoms with van der Waals surface area (Å²) in [6.45, 7) is 9.47. The number of hydrogen-bond donors (Lipinski definition) is 0. The van der Waals surface area contributed by atoms with Crippen molar-refractivity contribution in [2.45, 2.75) is 51.9 Å². The summed E-state index contributed by atoms with van der Waals surface area (Å²) in [6, 6.07) is 5.88. The molecule has 3 aromatic heterocycles. The first-order chi connectivity index (χ1) is 12.8. The largest absolute Gasteiger partial charge is 0.425 e. The number of likely N-dealkylation sites (tertiary alicyclic amines) is 1. The molecule has 4 rings (SSSR count). The van der Waals surface area contributed by atoms with E-state index in [0.29, 0.717) is 30.6 Å². The molecule has 27 heavy (non-hydrogen) atoms. The van der Waals surface area contributed by atoms with Crippen LogP contribution < -0.4 is 0 Å². The molecule has 0 N–H and O–H groups in total. The fraction of sp³-hybridized carbons (Fsp3) is 0.500. The summed E-state index contributed by atoms with van der Waals surface area (Å²) >= 11 is 0. The Balaban J connectivity index is 1.57. The van der Waals surface area contributed by atoms with E-state index in [1.165, 1.54) is 0 Å². The number of imidazole rings is 1. The summed E-state index contributed by atoms with van der Waals surface area (Å²) in [5, 5.41) is 8.05. The van der Waals surface area contributed by atoms with Gasteiger partial charge in [0.2, 0.25) is 11.8 Å². The van der Waals surface area contributed by atoms with Crippen molar-refractivity contribution in [2.24, 2.45) is 0 Å². The fourth-order valence-electron chi connectivity index (χ4n) is 3.68. The van der Waals surface area contributed by atoms with Crippen LogP contribution in [0.25, 0.3) is 5.52 Å². The van der Waals surface area contributed by atoms with Gasteiger partial charge in [-0.15, -0.1) is 10.2 Å². The van der Waals surface area contributed by atoms with Crippen LogP contribution in [0.15, 0.2) is 28.8 Å². The van der Waals surface area contributed by atoms with Gasteiger partial charge in [0.15, 0.2) is 5.69 Å². The van der Waals surface area contributed by atoms with Gasteiger partial charge in [0.1, 0.15) is 5.82 Å². The quantitative estimate of drug-likeness (QED) is 0.694. The van der Waals surface area contributed by atoms with Gasteiger partial charge in [0, 0.05) is 37.5 Å². The number of nitrogens with zero attached hydrogens (tertiary/aromatic N) is 5. The van der Waals surface area contributed by atoms with Gasteiger partial charge in [0.05, 0.1) is 5.52 Å². The second-order valence-corrected chi connectivity index (χ2v) is 8.22. The molecule has 0 saturated carbocycles. The number of carbonyl (C=O) groups excluding carboxylic acids is 1. The van der Waals surface area contributed by atoms with Crippen molar-refractivity contribution < 1.29 is 9.21 Å². The van der Waals surface area contributed by atoms with Crippen LogP contribution >= 0.6 is 0 Å². The Kier molecular flexibility index (Phi) is 4.25. The number of piperidine rings is 1. The SMILES string of the molecule is Cc1nnc(C2CCN(C(=O)c3nc(C(C)(C)C)n4ccccc34)CC2)o1. The number of hydrogen-bond acceptors (Lipinski definition) is 5. The Hall–Kier alpha value is -2.70. The molecule has 0 unspecified atom stereocenters. The minimum Gasteiger partial charge on any atom is -0.425 e. The minimum absolute atomic E-state index is 0.00522. The highest BCUT2D eigenvalue weighted by Crippen LogP contribution is 2.29. The van der Waals surface area contributed by atoms with E-state index >= 15 is 0 Å². The maximum Gasteiger partial charge on any atom is 0.274 e. The highest BCUT2D eigenvalue weighted by atomic mass is 16.4. The second kappa shape index (κ2) is 6.48. The molecule has 0 radical (unpaired) electrons. The third-order valence-electron chi connectivity index (χ3n) is 5.09. The van der Waals surface area contributed by atoms with Gasteiger partial charge in [0.25, 0.3) is 5.91 Å². The molecule has 0 aromatic carbocycles. The van der Waals surface area contributed by atoms with Crippen LogP contribution in [-0.4, -0.2) is 43.5 Å². The van der Waals surface area contributed by atoms with Crippen LogP contribution in [-0.2, 0) is 5.41 Å². The first-order valence-electron chi connectivity index (χ1n) is 9.41. The average Bonchev–Trinajstić information content (AvgIpc) is 3.25. The lowest BCUT2D eigenvalue weighted by atomic mass is 9.96. The normalized spacial score (nSPS) is 16.2. The lowest BCUT2D eigenvalue weighted by Gasteiger charge is -2.30. The van der Waals surface area contributed by atoms with Crippen molar-refractivity contribution in [3.8, 4) is 0 Å². The molecule has 0 bridgehead atoms. The van der Waals surface area contributed by atoms with E-state index in [9.17, 15) is 4.79 Å². The zero-order chi connectivity index (χ0) is 19.2. The van der Waals surface area contributed by atoms with E-state index < -0.39 is 0 Å². The molecule has 1 aliphatic heterocycles. The molecule has 0 spiro atoms. The van der Waals surface area contributed by atoms with Crippen LogP contribution in [0.2, 0.25) is 0 Å². The number of carbonyl (C=O) groups is 1. The van der Waals surface area contributed by atoms with Crippen LogP contribution in [0.3, 0.4) is 0 Å². The van der Waals surface area contributed by atoms with Crippen LogP contribution in [0.4, 0.5) is 0 Å². The zero-order valence-corrected chi connectivity index (χ0v) is 16.3. The molecule has 4 heterocycles. The Morgan fingerprint density at radius 3 is 2.56 bits per heavy atom. The van der Waals surface area contributed by atoms with Crippen molar-refractivity contribution in [2.75, 3.05) is 13.1 Å². The Labute approximate surface area is 158 Å². The van der Waals surface area contributed by atoms with Crippen LogP contribution in [0, 0.1) is 6.92 Å². The molecule has 3 aromatic rings. The van der Waals surface area contributed by atoms with Crippen molar-refractivity contribution in [1.82, 2.24) is 24.5 Å². The molecule has 1 fully saturated rings.